The Balaban J connectivity index is 2.35. The maximum absolute atomic E-state index is 12.0. The lowest BCUT2D eigenvalue weighted by atomic mass is 10.1. The quantitative estimate of drug-likeness (QED) is 0.631. The van der Waals surface area contributed by atoms with Crippen LogP contribution in [-0.4, -0.2) is 15.0 Å². The van der Waals surface area contributed by atoms with Gasteiger partial charge in [-0.3, -0.25) is 4.79 Å². The Bertz CT molecular complexity index is 755. The molecule has 0 aliphatic heterocycles. The number of nitrogens with one attached hydrogen (secondary N) is 1. The second kappa shape index (κ2) is 3.53. The third kappa shape index (κ3) is 1.50. The summed E-state index contributed by atoms with van der Waals surface area (Å²) < 4.78 is 0. The normalized spacial score (nSPS) is 16.5. The van der Waals surface area contributed by atoms with E-state index in [1.807, 2.05) is 0 Å². The fraction of sp³-hybridized carbons (Fsp3) is 0.333. The maximum Gasteiger partial charge on any atom is 0.263 e. The Morgan fingerprint density at radius 3 is 2.83 bits per heavy atom. The first-order chi connectivity index (χ1) is 8.55. The Morgan fingerprint density at radius 1 is 1.50 bits per heavy atom. The number of halogens is 1. The van der Waals surface area contributed by atoms with Gasteiger partial charge >= 0.3 is 0 Å². The van der Waals surface area contributed by atoms with Crippen LogP contribution >= 0.6 is 11.6 Å². The predicted octanol–water partition coefficient (Wildman–Crippen LogP) is 2.19. The van der Waals surface area contributed by atoms with Gasteiger partial charge in [0.15, 0.2) is 0 Å². The Hall–Kier alpha value is -1.93. The summed E-state index contributed by atoms with van der Waals surface area (Å²) in [5, 5.41) is 0.891. The van der Waals surface area contributed by atoms with E-state index < -0.39 is 5.54 Å². The summed E-state index contributed by atoms with van der Waals surface area (Å²) in [7, 11) is 0. The highest BCUT2D eigenvalue weighted by Gasteiger charge is 2.54. The minimum atomic E-state index is -0.657. The van der Waals surface area contributed by atoms with Gasteiger partial charge < -0.3 is 9.83 Å². The van der Waals surface area contributed by atoms with Gasteiger partial charge in [-0.05, 0) is 13.0 Å². The van der Waals surface area contributed by atoms with Gasteiger partial charge in [-0.2, -0.15) is 0 Å². The van der Waals surface area contributed by atoms with E-state index in [1.54, 1.807) is 13.0 Å². The van der Waals surface area contributed by atoms with Crippen LogP contribution in [0.2, 0.25) is 5.15 Å². The van der Waals surface area contributed by atoms with Crippen molar-refractivity contribution in [3.05, 3.63) is 44.4 Å². The third-order valence-electron chi connectivity index (χ3n) is 3.22. The Kier molecular flexibility index (Phi) is 2.19. The molecule has 90 valence electrons. The molecule has 5 nitrogen and oxygen atoms in total. The van der Waals surface area contributed by atoms with Gasteiger partial charge in [0.05, 0.1) is 5.39 Å². The van der Waals surface area contributed by atoms with Crippen molar-refractivity contribution in [3.8, 4) is 0 Å². The number of aryl methyl sites for hydroxylation is 1. The molecule has 1 fully saturated rings. The molecule has 1 aliphatic rings. The minimum absolute atomic E-state index is 0.259. The highest BCUT2D eigenvalue weighted by Crippen LogP contribution is 2.48. The van der Waals surface area contributed by atoms with Crippen LogP contribution in [0.15, 0.2) is 10.9 Å². The van der Waals surface area contributed by atoms with E-state index in [1.165, 1.54) is 0 Å². The van der Waals surface area contributed by atoms with Crippen LogP contribution in [0.1, 0.15) is 24.2 Å². The number of rotatable bonds is 1. The van der Waals surface area contributed by atoms with Crippen LogP contribution in [0.4, 0.5) is 0 Å². The lowest BCUT2D eigenvalue weighted by molar-refractivity contribution is 0.860. The molecule has 1 aliphatic carbocycles. The van der Waals surface area contributed by atoms with Crippen LogP contribution in [0.25, 0.3) is 15.9 Å². The number of hydrogen-bond acceptors (Lipinski definition) is 3. The average molecular weight is 261 g/mol. The zero-order chi connectivity index (χ0) is 12.9. The molecule has 0 unspecified atom stereocenters. The van der Waals surface area contributed by atoms with Gasteiger partial charge in [-0.1, -0.05) is 11.6 Å². The van der Waals surface area contributed by atoms with Gasteiger partial charge in [0.2, 0.25) is 0 Å². The number of fused-ring (bicyclic) bond motifs is 1. The fourth-order valence-corrected chi connectivity index (χ4v) is 2.33. The molecule has 0 saturated heterocycles. The molecule has 2 aromatic rings. The largest absolute Gasteiger partial charge is 0.306 e. The van der Waals surface area contributed by atoms with Crippen LogP contribution in [0.3, 0.4) is 0 Å². The number of hydrogen-bond donors (Lipinski definition) is 1. The number of aromatic nitrogens is 3. The van der Waals surface area contributed by atoms with Gasteiger partial charge in [0.25, 0.3) is 11.1 Å². The summed E-state index contributed by atoms with van der Waals surface area (Å²) in [6, 6.07) is 1.65. The molecular weight excluding hydrogens is 252 g/mol. The average Bonchev–Trinajstić information content (AvgIpc) is 3.08. The summed E-state index contributed by atoms with van der Waals surface area (Å²) in [4.78, 5) is 26.4. The summed E-state index contributed by atoms with van der Waals surface area (Å²) >= 11 is 6.05. The number of aromatic amines is 1. The lowest BCUT2D eigenvalue weighted by Crippen LogP contribution is -2.19. The minimum Gasteiger partial charge on any atom is -0.306 e. The second-order valence-electron chi connectivity index (χ2n) is 4.48. The lowest BCUT2D eigenvalue weighted by Gasteiger charge is -2.05. The first-order valence-corrected chi connectivity index (χ1v) is 5.90. The topological polar surface area (TPSA) is 63.0 Å². The molecule has 6 heteroatoms. The highest BCUT2D eigenvalue weighted by atomic mass is 35.5. The molecule has 0 aromatic carbocycles. The van der Waals surface area contributed by atoms with Crippen LogP contribution < -0.4 is 5.56 Å². The van der Waals surface area contributed by atoms with Crippen molar-refractivity contribution >= 4 is 22.6 Å². The molecule has 3 rings (SSSR count). The first kappa shape index (κ1) is 11.2. The molecule has 0 radical (unpaired) electrons. The van der Waals surface area contributed by atoms with E-state index in [0.29, 0.717) is 27.6 Å². The molecule has 0 amide bonds. The zero-order valence-electron chi connectivity index (χ0n) is 9.62. The Morgan fingerprint density at radius 2 is 2.22 bits per heavy atom. The highest BCUT2D eigenvalue weighted by molar-refractivity contribution is 6.33. The van der Waals surface area contributed by atoms with E-state index >= 15 is 0 Å². The SMILES string of the molecule is [C-]#[N+]C1(c2cc3c(Cl)nc(C)nc3[nH]c2=O)CC1. The van der Waals surface area contributed by atoms with Gasteiger partial charge in [0.1, 0.15) is 22.2 Å². The number of nitrogens with zero attached hydrogens (tertiary/aromatic N) is 3. The van der Waals surface area contributed by atoms with Crippen molar-refractivity contribution in [2.45, 2.75) is 25.3 Å². The Labute approximate surface area is 108 Å². The smallest absolute Gasteiger partial charge is 0.263 e. The molecule has 2 heterocycles. The molecular formula is C12H9ClN4O. The molecule has 1 saturated carbocycles. The van der Waals surface area contributed by atoms with Gasteiger partial charge in [0, 0.05) is 12.8 Å². The van der Waals surface area contributed by atoms with E-state index in [-0.39, 0.29) is 5.56 Å². The van der Waals surface area contributed by atoms with Crippen LogP contribution in [0, 0.1) is 13.5 Å². The predicted molar refractivity (Wildman–Crippen MR) is 67.4 cm³/mol. The van der Waals surface area contributed by atoms with E-state index in [4.69, 9.17) is 18.2 Å². The molecule has 18 heavy (non-hydrogen) atoms. The van der Waals surface area contributed by atoms with Crippen molar-refractivity contribution in [3.63, 3.8) is 0 Å². The van der Waals surface area contributed by atoms with E-state index in [9.17, 15) is 4.79 Å². The summed E-state index contributed by atoms with van der Waals surface area (Å²) in [5.74, 6) is 0.502. The van der Waals surface area contributed by atoms with Crippen molar-refractivity contribution in [2.24, 2.45) is 0 Å². The maximum atomic E-state index is 12.0. The van der Waals surface area contributed by atoms with E-state index in [2.05, 4.69) is 19.8 Å². The molecule has 0 atom stereocenters. The fourth-order valence-electron chi connectivity index (χ4n) is 2.06. The molecule has 2 aromatic heterocycles. The van der Waals surface area contributed by atoms with Crippen molar-refractivity contribution < 1.29 is 0 Å². The molecule has 1 N–H and O–H groups in total. The van der Waals surface area contributed by atoms with Crippen LogP contribution in [-0.2, 0) is 5.54 Å². The molecule has 0 spiro atoms. The molecule has 0 bridgehead atoms. The standard InChI is InChI=1S/C12H9ClN4O/c1-6-15-9(13)7-5-8(12(14-2)3-4-12)11(18)17-10(7)16-6/h5H,3-4H2,1H3,(H,15,16,17,18). The number of pyridine rings is 1. The summed E-state index contributed by atoms with van der Waals surface area (Å²) in [5.41, 5.74) is -0.0257. The summed E-state index contributed by atoms with van der Waals surface area (Å²) in [6.45, 7) is 8.91. The number of H-pyrrole nitrogens is 1. The van der Waals surface area contributed by atoms with Crippen molar-refractivity contribution in [2.75, 3.05) is 0 Å². The van der Waals surface area contributed by atoms with Crippen molar-refractivity contribution in [1.82, 2.24) is 15.0 Å². The second-order valence-corrected chi connectivity index (χ2v) is 4.84. The summed E-state index contributed by atoms with van der Waals surface area (Å²) in [6.07, 6.45) is 1.44. The van der Waals surface area contributed by atoms with Crippen molar-refractivity contribution in [1.29, 1.82) is 0 Å². The van der Waals surface area contributed by atoms with E-state index in [0.717, 1.165) is 12.8 Å². The monoisotopic (exact) mass is 260 g/mol. The first-order valence-electron chi connectivity index (χ1n) is 5.52. The zero-order valence-corrected chi connectivity index (χ0v) is 10.4. The van der Waals surface area contributed by atoms with Gasteiger partial charge in [-0.15, -0.1) is 0 Å². The van der Waals surface area contributed by atoms with Crippen LogP contribution in [0.5, 0.6) is 0 Å². The third-order valence-corrected chi connectivity index (χ3v) is 3.50. The van der Waals surface area contributed by atoms with Gasteiger partial charge in [-0.25, -0.2) is 16.5 Å².